The van der Waals surface area contributed by atoms with Gasteiger partial charge in [0.15, 0.2) is 0 Å². The highest BCUT2D eigenvalue weighted by atomic mass is 127. The van der Waals surface area contributed by atoms with E-state index in [1.165, 1.54) is 25.7 Å². The summed E-state index contributed by atoms with van der Waals surface area (Å²) in [5.74, 6) is 0.00198. The fourth-order valence-electron chi connectivity index (χ4n) is 2.15. The lowest BCUT2D eigenvalue weighted by atomic mass is 10.2. The van der Waals surface area contributed by atoms with Crippen LogP contribution in [0.15, 0.2) is 18.2 Å². The molecule has 2 N–H and O–H groups in total. The minimum Gasteiger partial charge on any atom is -0.324 e. The Bertz CT molecular complexity index is 433. The van der Waals surface area contributed by atoms with Crippen LogP contribution < -0.4 is 10.6 Å². The first-order chi connectivity index (χ1) is 8.65. The molecular weight excluding hydrogens is 363 g/mol. The van der Waals surface area contributed by atoms with Crippen molar-refractivity contribution in [2.45, 2.75) is 31.7 Å². The van der Waals surface area contributed by atoms with Gasteiger partial charge < -0.3 is 10.6 Å². The van der Waals surface area contributed by atoms with Crippen LogP contribution in [0, 0.1) is 3.57 Å². The van der Waals surface area contributed by atoms with Crippen molar-refractivity contribution in [3.05, 3.63) is 26.8 Å². The minimum atomic E-state index is 0.00198. The molecule has 1 aromatic rings. The van der Waals surface area contributed by atoms with Crippen molar-refractivity contribution in [2.75, 3.05) is 11.9 Å². The van der Waals surface area contributed by atoms with E-state index in [9.17, 15) is 4.79 Å². The Balaban J connectivity index is 1.82. The van der Waals surface area contributed by atoms with Crippen LogP contribution in [0.3, 0.4) is 0 Å². The molecule has 1 aliphatic carbocycles. The number of hydrogen-bond donors (Lipinski definition) is 2. The first-order valence-electron chi connectivity index (χ1n) is 6.13. The molecule has 1 amide bonds. The van der Waals surface area contributed by atoms with Crippen molar-refractivity contribution in [2.24, 2.45) is 0 Å². The van der Waals surface area contributed by atoms with Crippen LogP contribution >= 0.6 is 34.2 Å². The van der Waals surface area contributed by atoms with E-state index >= 15 is 0 Å². The Kier molecular flexibility index (Phi) is 5.26. The van der Waals surface area contributed by atoms with Gasteiger partial charge in [0, 0.05) is 14.6 Å². The molecule has 1 aliphatic rings. The number of hydrogen-bond acceptors (Lipinski definition) is 2. The second kappa shape index (κ2) is 6.73. The van der Waals surface area contributed by atoms with Crippen LogP contribution in [0.4, 0.5) is 5.69 Å². The van der Waals surface area contributed by atoms with Crippen molar-refractivity contribution in [1.29, 1.82) is 0 Å². The summed E-state index contributed by atoms with van der Waals surface area (Å²) >= 11 is 8.04. The van der Waals surface area contributed by atoms with Crippen molar-refractivity contribution in [1.82, 2.24) is 5.32 Å². The molecule has 3 nitrogen and oxygen atoms in total. The molecule has 0 aromatic heterocycles. The zero-order valence-corrected chi connectivity index (χ0v) is 12.9. The fraction of sp³-hybridized carbons (Fsp3) is 0.462. The monoisotopic (exact) mass is 378 g/mol. The van der Waals surface area contributed by atoms with Gasteiger partial charge >= 0.3 is 0 Å². The maximum atomic E-state index is 11.8. The van der Waals surface area contributed by atoms with Crippen LogP contribution in [-0.2, 0) is 4.79 Å². The summed E-state index contributed by atoms with van der Waals surface area (Å²) in [6, 6.07) is 5.96. The number of anilines is 1. The highest BCUT2D eigenvalue weighted by molar-refractivity contribution is 14.1. The molecule has 1 fully saturated rings. The number of carbonyl (C=O) groups is 1. The van der Waals surface area contributed by atoms with Gasteiger partial charge in [0.1, 0.15) is 0 Å². The number of benzene rings is 1. The molecule has 2 rings (SSSR count). The van der Waals surface area contributed by atoms with E-state index in [1.54, 1.807) is 6.07 Å². The maximum absolute atomic E-state index is 11.8. The summed E-state index contributed by atoms with van der Waals surface area (Å²) in [4.78, 5) is 11.8. The summed E-state index contributed by atoms with van der Waals surface area (Å²) in [6.07, 6.45) is 4.92. The van der Waals surface area contributed by atoms with E-state index in [0.717, 1.165) is 9.26 Å². The van der Waals surface area contributed by atoms with Crippen LogP contribution in [0.2, 0.25) is 5.02 Å². The zero-order chi connectivity index (χ0) is 13.0. The van der Waals surface area contributed by atoms with Gasteiger partial charge in [0.2, 0.25) is 5.91 Å². The van der Waals surface area contributed by atoms with Crippen molar-refractivity contribution >= 4 is 45.8 Å². The normalized spacial score (nSPS) is 15.9. The molecule has 0 aliphatic heterocycles. The highest BCUT2D eigenvalue weighted by Crippen LogP contribution is 2.22. The molecule has 0 unspecified atom stereocenters. The van der Waals surface area contributed by atoms with Crippen LogP contribution in [-0.4, -0.2) is 18.5 Å². The maximum Gasteiger partial charge on any atom is 0.238 e. The van der Waals surface area contributed by atoms with E-state index in [-0.39, 0.29) is 5.91 Å². The molecule has 0 saturated heterocycles. The van der Waals surface area contributed by atoms with Crippen molar-refractivity contribution in [3.8, 4) is 0 Å². The van der Waals surface area contributed by atoms with Gasteiger partial charge in [-0.2, -0.15) is 0 Å². The fourth-order valence-corrected chi connectivity index (χ4v) is 3.16. The number of nitrogens with one attached hydrogen (secondary N) is 2. The molecule has 0 radical (unpaired) electrons. The lowest BCUT2D eigenvalue weighted by molar-refractivity contribution is -0.115. The summed E-state index contributed by atoms with van der Waals surface area (Å²) in [6.45, 7) is 0.378. The Labute approximate surface area is 126 Å². The smallest absolute Gasteiger partial charge is 0.238 e. The Morgan fingerprint density at radius 3 is 2.78 bits per heavy atom. The number of carbonyl (C=O) groups excluding carboxylic acids is 1. The van der Waals surface area contributed by atoms with E-state index in [1.807, 2.05) is 12.1 Å². The lowest BCUT2D eigenvalue weighted by Crippen LogP contribution is -2.34. The van der Waals surface area contributed by atoms with Crippen LogP contribution in [0.5, 0.6) is 0 Å². The number of halogens is 2. The second-order valence-corrected chi connectivity index (χ2v) is 6.13. The van der Waals surface area contributed by atoms with E-state index < -0.39 is 0 Å². The quantitative estimate of drug-likeness (QED) is 0.788. The number of amides is 1. The molecule has 1 aromatic carbocycles. The van der Waals surface area contributed by atoms with E-state index in [2.05, 4.69) is 33.2 Å². The summed E-state index contributed by atoms with van der Waals surface area (Å²) < 4.78 is 0.953. The third-order valence-corrected chi connectivity index (χ3v) is 4.24. The molecule has 0 heterocycles. The Hall–Kier alpha value is -0.330. The Morgan fingerprint density at radius 2 is 2.11 bits per heavy atom. The van der Waals surface area contributed by atoms with Gasteiger partial charge in [-0.15, -0.1) is 0 Å². The van der Waals surface area contributed by atoms with Gasteiger partial charge in [-0.25, -0.2) is 0 Å². The average molecular weight is 379 g/mol. The van der Waals surface area contributed by atoms with E-state index in [0.29, 0.717) is 17.6 Å². The third kappa shape index (κ3) is 4.10. The first kappa shape index (κ1) is 14.1. The third-order valence-electron chi connectivity index (χ3n) is 3.11. The average Bonchev–Trinajstić information content (AvgIpc) is 2.83. The second-order valence-electron chi connectivity index (χ2n) is 4.53. The highest BCUT2D eigenvalue weighted by Gasteiger charge is 2.15. The number of rotatable bonds is 4. The zero-order valence-electron chi connectivity index (χ0n) is 10.0. The summed E-state index contributed by atoms with van der Waals surface area (Å²) in [5.41, 5.74) is 0.818. The molecule has 0 bridgehead atoms. The lowest BCUT2D eigenvalue weighted by Gasteiger charge is -2.12. The van der Waals surface area contributed by atoms with Crippen molar-refractivity contribution < 1.29 is 4.79 Å². The molecule has 0 atom stereocenters. The predicted molar refractivity (Wildman–Crippen MR) is 83.1 cm³/mol. The van der Waals surface area contributed by atoms with Gasteiger partial charge in [-0.3, -0.25) is 4.79 Å². The SMILES string of the molecule is O=C(CNC1CCCC1)Nc1ccc(Cl)cc1I. The molecule has 98 valence electrons. The van der Waals surface area contributed by atoms with E-state index in [4.69, 9.17) is 11.6 Å². The standard InChI is InChI=1S/C13H16ClIN2O/c14-9-5-6-12(11(15)7-9)17-13(18)8-16-10-3-1-2-4-10/h5-7,10,16H,1-4,8H2,(H,17,18). The minimum absolute atomic E-state index is 0.00198. The van der Waals surface area contributed by atoms with Gasteiger partial charge in [-0.1, -0.05) is 24.4 Å². The largest absolute Gasteiger partial charge is 0.324 e. The summed E-state index contributed by atoms with van der Waals surface area (Å²) in [7, 11) is 0. The molecule has 5 heteroatoms. The molecular formula is C13H16ClIN2O. The van der Waals surface area contributed by atoms with Crippen molar-refractivity contribution in [3.63, 3.8) is 0 Å². The van der Waals surface area contributed by atoms with Gasteiger partial charge in [0.25, 0.3) is 0 Å². The van der Waals surface area contributed by atoms with Gasteiger partial charge in [0.05, 0.1) is 12.2 Å². The van der Waals surface area contributed by atoms with Crippen LogP contribution in [0.25, 0.3) is 0 Å². The van der Waals surface area contributed by atoms with Gasteiger partial charge in [-0.05, 0) is 53.6 Å². The molecule has 0 spiro atoms. The Morgan fingerprint density at radius 1 is 1.39 bits per heavy atom. The molecule has 1 saturated carbocycles. The summed E-state index contributed by atoms with van der Waals surface area (Å²) in [5, 5.41) is 6.87. The van der Waals surface area contributed by atoms with Crippen LogP contribution in [0.1, 0.15) is 25.7 Å². The first-order valence-corrected chi connectivity index (χ1v) is 7.59. The predicted octanol–water partition coefficient (Wildman–Crippen LogP) is 3.42. The topological polar surface area (TPSA) is 41.1 Å². The molecule has 18 heavy (non-hydrogen) atoms.